The van der Waals surface area contributed by atoms with Crippen LogP contribution in [0.3, 0.4) is 0 Å². The second-order valence-electron chi connectivity index (χ2n) is 8.33. The van der Waals surface area contributed by atoms with E-state index >= 15 is 0 Å². The Bertz CT molecular complexity index is 926. The topological polar surface area (TPSA) is 80.8 Å². The highest BCUT2D eigenvalue weighted by Gasteiger charge is 2.60. The molecule has 1 saturated heterocycles. The molecule has 156 valence electrons. The number of rotatable bonds is 6. The van der Waals surface area contributed by atoms with Gasteiger partial charge in [-0.3, -0.25) is 9.59 Å². The molecule has 6 nitrogen and oxygen atoms in total. The summed E-state index contributed by atoms with van der Waals surface area (Å²) < 4.78 is 32.7. The van der Waals surface area contributed by atoms with Crippen LogP contribution < -0.4 is 0 Å². The lowest BCUT2D eigenvalue weighted by molar-refractivity contribution is -0.153. The van der Waals surface area contributed by atoms with E-state index in [1.807, 2.05) is 36.4 Å². The molecular formula is C22H27NO5S. The second-order valence-corrected chi connectivity index (χ2v) is 10.3. The normalized spacial score (nSPS) is 30.8. The molecule has 0 aromatic heterocycles. The number of carbonyl (C=O) groups excluding carboxylic acids is 2. The minimum atomic E-state index is -3.72. The summed E-state index contributed by atoms with van der Waals surface area (Å²) in [6, 6.07) is 9.38. The maximum Gasteiger partial charge on any atom is 0.309 e. The van der Waals surface area contributed by atoms with Gasteiger partial charge in [0.2, 0.25) is 15.9 Å². The van der Waals surface area contributed by atoms with Crippen LogP contribution in [0.25, 0.3) is 0 Å². The highest BCUT2D eigenvalue weighted by Crippen LogP contribution is 2.52. The van der Waals surface area contributed by atoms with Crippen molar-refractivity contribution in [1.29, 1.82) is 0 Å². The van der Waals surface area contributed by atoms with Crippen molar-refractivity contribution < 1.29 is 22.7 Å². The van der Waals surface area contributed by atoms with Crippen LogP contribution in [0, 0.1) is 29.6 Å². The average Bonchev–Trinajstić information content (AvgIpc) is 3.38. The lowest BCUT2D eigenvalue weighted by Gasteiger charge is -2.27. The first-order valence-electron chi connectivity index (χ1n) is 10.3. The molecule has 0 unspecified atom stereocenters. The van der Waals surface area contributed by atoms with E-state index in [0.717, 1.165) is 16.3 Å². The summed E-state index contributed by atoms with van der Waals surface area (Å²) in [6.45, 7) is 3.81. The Morgan fingerprint density at radius 3 is 2.52 bits per heavy atom. The second kappa shape index (κ2) is 7.59. The molecule has 1 aromatic carbocycles. The minimum Gasteiger partial charge on any atom is -0.466 e. The van der Waals surface area contributed by atoms with Gasteiger partial charge in [0, 0.05) is 12.5 Å². The van der Waals surface area contributed by atoms with Gasteiger partial charge in [0.1, 0.15) is 0 Å². The lowest BCUT2D eigenvalue weighted by atomic mass is 9.86. The number of nitrogens with zero attached hydrogens (tertiary/aromatic N) is 1. The molecule has 3 aliphatic rings. The summed E-state index contributed by atoms with van der Waals surface area (Å²) >= 11 is 0. The van der Waals surface area contributed by atoms with Gasteiger partial charge < -0.3 is 4.74 Å². The van der Waals surface area contributed by atoms with Crippen molar-refractivity contribution in [2.24, 2.45) is 29.6 Å². The van der Waals surface area contributed by atoms with Crippen LogP contribution in [0.2, 0.25) is 0 Å². The Morgan fingerprint density at radius 2 is 1.86 bits per heavy atom. The predicted octanol–water partition coefficient (Wildman–Crippen LogP) is 2.41. The van der Waals surface area contributed by atoms with Crippen LogP contribution in [-0.4, -0.2) is 43.0 Å². The molecule has 0 N–H and O–H groups in total. The fourth-order valence-corrected chi connectivity index (χ4v) is 7.62. The number of sulfonamides is 1. The lowest BCUT2D eigenvalue weighted by Crippen LogP contribution is -2.44. The van der Waals surface area contributed by atoms with Crippen LogP contribution >= 0.6 is 0 Å². The van der Waals surface area contributed by atoms with Gasteiger partial charge in [-0.1, -0.05) is 49.4 Å². The predicted molar refractivity (Wildman–Crippen MR) is 108 cm³/mol. The molecule has 2 aliphatic carbocycles. The van der Waals surface area contributed by atoms with Crippen LogP contribution in [0.4, 0.5) is 0 Å². The van der Waals surface area contributed by atoms with Gasteiger partial charge in [-0.15, -0.1) is 0 Å². The molecule has 1 heterocycles. The summed E-state index contributed by atoms with van der Waals surface area (Å²) in [4.78, 5) is 25.9. The summed E-state index contributed by atoms with van der Waals surface area (Å²) in [5, 5.41) is -0.503. The van der Waals surface area contributed by atoms with Crippen molar-refractivity contribution in [3.05, 3.63) is 48.0 Å². The van der Waals surface area contributed by atoms with Gasteiger partial charge in [0.05, 0.1) is 23.7 Å². The number of esters is 1. The molecule has 0 radical (unpaired) electrons. The third-order valence-corrected chi connectivity index (χ3v) is 9.03. The number of benzene rings is 1. The Hall–Kier alpha value is -2.15. The van der Waals surface area contributed by atoms with E-state index in [1.54, 1.807) is 13.8 Å². The number of carbonyl (C=O) groups is 2. The van der Waals surface area contributed by atoms with Crippen LogP contribution in [0.1, 0.15) is 25.8 Å². The van der Waals surface area contributed by atoms with E-state index in [1.165, 1.54) is 0 Å². The third-order valence-electron chi connectivity index (χ3n) is 6.69. The van der Waals surface area contributed by atoms with Crippen molar-refractivity contribution in [3.63, 3.8) is 0 Å². The standard InChI is InChI=1S/C22H27NO5S/c1-3-28-22(25)14(2)18(11-15-7-5-4-6-8-15)21(24)23-13-19-16-9-10-17(12-16)20(19)29(23,26)27/h4-10,14,16-20H,3,11-13H2,1-2H3/t14-,16-,17+,18-,19-,20+/m1/s1. The molecule has 6 atom stereocenters. The van der Waals surface area contributed by atoms with Gasteiger partial charge in [-0.25, -0.2) is 12.7 Å². The van der Waals surface area contributed by atoms with Crippen LogP contribution in [0.5, 0.6) is 0 Å². The summed E-state index contributed by atoms with van der Waals surface area (Å²) in [5.74, 6) is -2.27. The Morgan fingerprint density at radius 1 is 1.17 bits per heavy atom. The van der Waals surface area contributed by atoms with Crippen molar-refractivity contribution in [1.82, 2.24) is 4.31 Å². The van der Waals surface area contributed by atoms with E-state index in [9.17, 15) is 18.0 Å². The molecule has 7 heteroatoms. The molecule has 0 spiro atoms. The quantitative estimate of drug-likeness (QED) is 0.524. The first-order valence-corrected chi connectivity index (χ1v) is 11.8. The molecule has 1 aliphatic heterocycles. The first kappa shape index (κ1) is 20.1. The number of amides is 1. The number of fused-ring (bicyclic) bond motifs is 5. The van der Waals surface area contributed by atoms with Gasteiger partial charge in [0.25, 0.3) is 0 Å². The van der Waals surface area contributed by atoms with Gasteiger partial charge in [0.15, 0.2) is 0 Å². The summed E-state index contributed by atoms with van der Waals surface area (Å²) in [7, 11) is -3.72. The number of hydrogen-bond acceptors (Lipinski definition) is 5. The maximum atomic E-state index is 13.5. The molecule has 1 amide bonds. The molecule has 2 fully saturated rings. The SMILES string of the molecule is CCOC(=O)[C@H](C)[C@@H](Cc1ccccc1)C(=O)N1C[C@H]2[C@H]([C@H]3C=C[C@@H]2C3)S1(=O)=O. The van der Waals surface area contributed by atoms with Gasteiger partial charge in [-0.2, -0.15) is 0 Å². The van der Waals surface area contributed by atoms with E-state index < -0.39 is 39.0 Å². The molecule has 2 bridgehead atoms. The van der Waals surface area contributed by atoms with Gasteiger partial charge in [-0.05, 0) is 37.2 Å². The molecule has 1 saturated carbocycles. The van der Waals surface area contributed by atoms with E-state index in [4.69, 9.17) is 4.74 Å². The zero-order valence-corrected chi connectivity index (χ0v) is 17.5. The van der Waals surface area contributed by atoms with Crippen molar-refractivity contribution in [2.75, 3.05) is 13.2 Å². The number of ether oxygens (including phenoxy) is 1. The van der Waals surface area contributed by atoms with Crippen LogP contribution in [-0.2, 0) is 30.8 Å². The van der Waals surface area contributed by atoms with Gasteiger partial charge >= 0.3 is 5.97 Å². The monoisotopic (exact) mass is 417 g/mol. The van der Waals surface area contributed by atoms with Crippen molar-refractivity contribution in [2.45, 2.75) is 31.9 Å². The maximum absolute atomic E-state index is 13.5. The zero-order valence-electron chi connectivity index (χ0n) is 16.7. The minimum absolute atomic E-state index is 0.00264. The summed E-state index contributed by atoms with van der Waals surface area (Å²) in [6.07, 6.45) is 5.24. The van der Waals surface area contributed by atoms with Crippen LogP contribution in [0.15, 0.2) is 42.5 Å². The van der Waals surface area contributed by atoms with Crippen molar-refractivity contribution in [3.8, 4) is 0 Å². The fraction of sp³-hybridized carbons (Fsp3) is 0.545. The van der Waals surface area contributed by atoms with E-state index in [-0.39, 0.29) is 30.9 Å². The molecule has 4 rings (SSSR count). The fourth-order valence-electron chi connectivity index (χ4n) is 5.19. The molecular weight excluding hydrogens is 390 g/mol. The number of hydrogen-bond donors (Lipinski definition) is 0. The molecule has 1 aromatic rings. The molecule has 29 heavy (non-hydrogen) atoms. The highest BCUT2D eigenvalue weighted by molar-refractivity contribution is 7.90. The highest BCUT2D eigenvalue weighted by atomic mass is 32.2. The first-order chi connectivity index (χ1) is 13.8. The Labute approximate surface area is 172 Å². The van der Waals surface area contributed by atoms with E-state index in [2.05, 4.69) is 6.08 Å². The largest absolute Gasteiger partial charge is 0.466 e. The Kier molecular flexibility index (Phi) is 5.27. The smallest absolute Gasteiger partial charge is 0.309 e. The number of allylic oxidation sites excluding steroid dienone is 2. The third kappa shape index (κ3) is 3.39. The zero-order chi connectivity index (χ0) is 20.8. The summed E-state index contributed by atoms with van der Waals surface area (Å²) in [5.41, 5.74) is 0.889. The average molecular weight is 418 g/mol. The van der Waals surface area contributed by atoms with E-state index in [0.29, 0.717) is 6.42 Å². The Balaban J connectivity index is 1.62. The van der Waals surface area contributed by atoms with Crippen molar-refractivity contribution >= 4 is 21.9 Å².